The summed E-state index contributed by atoms with van der Waals surface area (Å²) >= 11 is 0. The van der Waals surface area contributed by atoms with E-state index in [1.807, 2.05) is 26.0 Å². The number of nitrogens with zero attached hydrogens (tertiary/aromatic N) is 2. The van der Waals surface area contributed by atoms with E-state index in [1.165, 1.54) is 12.1 Å². The molecule has 0 fully saturated rings. The van der Waals surface area contributed by atoms with Gasteiger partial charge in [0.1, 0.15) is 23.3 Å². The highest BCUT2D eigenvalue weighted by Crippen LogP contribution is 2.41. The minimum Gasteiger partial charge on any atom is -0.252 e. The van der Waals surface area contributed by atoms with E-state index in [1.54, 1.807) is 38.1 Å². The van der Waals surface area contributed by atoms with E-state index < -0.39 is 34.1 Å². The van der Waals surface area contributed by atoms with E-state index in [4.69, 9.17) is 9.97 Å². The number of halogens is 4. The van der Waals surface area contributed by atoms with Gasteiger partial charge in [0.2, 0.25) is 0 Å². The molecule has 8 bridgehead atoms. The van der Waals surface area contributed by atoms with Crippen LogP contribution in [0.25, 0.3) is 22.5 Å². The Morgan fingerprint density at radius 1 is 0.529 bits per heavy atom. The van der Waals surface area contributed by atoms with Gasteiger partial charge in [0, 0.05) is 34.1 Å². The second-order valence-electron chi connectivity index (χ2n) is 9.69. The van der Waals surface area contributed by atoms with Gasteiger partial charge in [0.25, 0.3) is 0 Å². The third-order valence-corrected chi connectivity index (χ3v) is 6.79. The minimum atomic E-state index is -1.25. The highest BCUT2D eigenvalue weighted by Gasteiger charge is 2.33. The number of rotatable bonds is 0. The SMILES string of the molecule is CC1(C)c2cccc(n2)-c2cc(c(F)cc2F)C(C)(C)c2cc(c(F)cc2F)-c2cccc1n2. The molecule has 2 aromatic heterocycles. The summed E-state index contributed by atoms with van der Waals surface area (Å²) < 4.78 is 60.2. The summed E-state index contributed by atoms with van der Waals surface area (Å²) in [6, 6.07) is 14.8. The minimum absolute atomic E-state index is 0.0746. The fourth-order valence-electron chi connectivity index (χ4n) is 4.59. The largest absolute Gasteiger partial charge is 0.252 e. The van der Waals surface area contributed by atoms with Crippen LogP contribution in [-0.2, 0) is 10.8 Å². The smallest absolute Gasteiger partial charge is 0.135 e. The fraction of sp³-hybridized carbons (Fsp3) is 0.214. The van der Waals surface area contributed by atoms with E-state index in [0.29, 0.717) is 22.8 Å². The number of pyridine rings is 2. The molecule has 0 aliphatic carbocycles. The molecular formula is C28H22F4N2. The van der Waals surface area contributed by atoms with Crippen LogP contribution < -0.4 is 0 Å². The molecule has 0 unspecified atom stereocenters. The van der Waals surface area contributed by atoms with Crippen molar-refractivity contribution in [3.05, 3.63) is 106 Å². The van der Waals surface area contributed by atoms with Gasteiger partial charge in [0.15, 0.2) is 0 Å². The lowest BCUT2D eigenvalue weighted by molar-refractivity contribution is 0.502. The van der Waals surface area contributed by atoms with Gasteiger partial charge in [-0.2, -0.15) is 0 Å². The maximum atomic E-state index is 15.1. The van der Waals surface area contributed by atoms with Gasteiger partial charge >= 0.3 is 0 Å². The molecule has 6 heteroatoms. The first-order chi connectivity index (χ1) is 16.0. The first-order valence-electron chi connectivity index (χ1n) is 10.9. The molecule has 34 heavy (non-hydrogen) atoms. The van der Waals surface area contributed by atoms with Crippen molar-refractivity contribution in [2.45, 2.75) is 38.5 Å². The van der Waals surface area contributed by atoms with Crippen LogP contribution in [0.4, 0.5) is 17.6 Å². The van der Waals surface area contributed by atoms with Gasteiger partial charge < -0.3 is 0 Å². The summed E-state index contributed by atoms with van der Waals surface area (Å²) in [5, 5.41) is 0. The fourth-order valence-corrected chi connectivity index (χ4v) is 4.59. The third kappa shape index (κ3) is 3.31. The summed E-state index contributed by atoms with van der Waals surface area (Å²) in [7, 11) is 0. The average Bonchev–Trinajstić information content (AvgIpc) is 2.78. The van der Waals surface area contributed by atoms with Crippen molar-refractivity contribution in [1.82, 2.24) is 9.97 Å². The quantitative estimate of drug-likeness (QED) is 0.256. The van der Waals surface area contributed by atoms with Crippen LogP contribution >= 0.6 is 0 Å². The number of benzene rings is 2. The maximum Gasteiger partial charge on any atom is 0.135 e. The van der Waals surface area contributed by atoms with Gasteiger partial charge in [-0.15, -0.1) is 0 Å². The highest BCUT2D eigenvalue weighted by atomic mass is 19.1. The molecule has 0 N–H and O–H groups in total. The molecule has 0 radical (unpaired) electrons. The van der Waals surface area contributed by atoms with Crippen molar-refractivity contribution in [1.29, 1.82) is 0 Å². The second kappa shape index (κ2) is 7.49. The van der Waals surface area contributed by atoms with E-state index in [-0.39, 0.29) is 22.3 Å². The summed E-state index contributed by atoms with van der Waals surface area (Å²) in [6.07, 6.45) is 0. The van der Waals surface area contributed by atoms with Crippen LogP contribution in [0.1, 0.15) is 50.2 Å². The first kappa shape index (κ1) is 22.3. The Bertz CT molecular complexity index is 1350. The summed E-state index contributed by atoms with van der Waals surface area (Å²) in [5.41, 5.74) is 0.282. The lowest BCUT2D eigenvalue weighted by Gasteiger charge is -2.29. The monoisotopic (exact) mass is 462 g/mol. The van der Waals surface area contributed by atoms with E-state index in [0.717, 1.165) is 12.1 Å². The van der Waals surface area contributed by atoms with Crippen LogP contribution in [0.15, 0.2) is 60.7 Å². The van der Waals surface area contributed by atoms with Crippen LogP contribution in [0, 0.1) is 23.3 Å². The molecule has 1 aliphatic rings. The van der Waals surface area contributed by atoms with Crippen molar-refractivity contribution in [2.75, 3.05) is 0 Å². The Hall–Kier alpha value is -3.54. The molecule has 1 aliphatic heterocycles. The van der Waals surface area contributed by atoms with Gasteiger partial charge in [-0.3, -0.25) is 9.97 Å². The maximum absolute atomic E-state index is 15.1. The van der Waals surface area contributed by atoms with E-state index in [9.17, 15) is 8.78 Å². The van der Waals surface area contributed by atoms with Crippen LogP contribution in [0.5, 0.6) is 0 Å². The lowest BCUT2D eigenvalue weighted by atomic mass is 9.76. The average molecular weight is 462 g/mol. The first-order valence-corrected chi connectivity index (χ1v) is 10.9. The van der Waals surface area contributed by atoms with Crippen molar-refractivity contribution in [3.8, 4) is 22.5 Å². The zero-order valence-corrected chi connectivity index (χ0v) is 19.2. The lowest BCUT2D eigenvalue weighted by Crippen LogP contribution is -2.24. The highest BCUT2D eigenvalue weighted by molar-refractivity contribution is 5.66. The molecule has 0 saturated heterocycles. The Labute approximate surface area is 195 Å². The van der Waals surface area contributed by atoms with Gasteiger partial charge in [-0.1, -0.05) is 26.0 Å². The molecule has 0 amide bonds. The standard InChI is InChI=1S/C28H22F4N2/c1-27(2)17-11-15(19(29)13-21(17)31)23-7-5-9-25(33-23)28(3,4)26-10-6-8-24(34-26)16-12-18(27)22(32)14-20(16)30/h5-14H,1-4H3. The molecule has 4 aromatic rings. The third-order valence-electron chi connectivity index (χ3n) is 6.79. The van der Waals surface area contributed by atoms with Gasteiger partial charge in [-0.25, -0.2) is 17.6 Å². The van der Waals surface area contributed by atoms with E-state index in [2.05, 4.69) is 0 Å². The Morgan fingerprint density at radius 2 is 0.941 bits per heavy atom. The summed E-state index contributed by atoms with van der Waals surface area (Å²) in [4.78, 5) is 9.38. The molecule has 3 heterocycles. The second-order valence-corrected chi connectivity index (χ2v) is 9.69. The Morgan fingerprint density at radius 3 is 1.35 bits per heavy atom. The molecule has 0 spiro atoms. The van der Waals surface area contributed by atoms with Crippen molar-refractivity contribution >= 4 is 0 Å². The number of aromatic nitrogens is 2. The molecule has 172 valence electrons. The molecule has 2 aromatic carbocycles. The Balaban J connectivity index is 1.93. The summed E-state index contributed by atoms with van der Waals surface area (Å²) in [5.74, 6) is -3.18. The predicted molar refractivity (Wildman–Crippen MR) is 123 cm³/mol. The normalized spacial score (nSPS) is 15.5. The van der Waals surface area contributed by atoms with Crippen LogP contribution in [-0.4, -0.2) is 9.97 Å². The molecule has 2 nitrogen and oxygen atoms in total. The van der Waals surface area contributed by atoms with E-state index >= 15 is 8.78 Å². The Kier molecular flexibility index (Phi) is 4.90. The topological polar surface area (TPSA) is 25.8 Å². The number of hydrogen-bond donors (Lipinski definition) is 0. The number of hydrogen-bond acceptors (Lipinski definition) is 2. The molecular weight excluding hydrogens is 440 g/mol. The van der Waals surface area contributed by atoms with Crippen LogP contribution in [0.3, 0.4) is 0 Å². The van der Waals surface area contributed by atoms with Crippen molar-refractivity contribution in [3.63, 3.8) is 0 Å². The molecule has 0 saturated carbocycles. The molecule has 5 rings (SSSR count). The van der Waals surface area contributed by atoms with Gasteiger partial charge in [0.05, 0.1) is 22.8 Å². The number of fused-ring (bicyclic) bond motifs is 10. The van der Waals surface area contributed by atoms with Crippen molar-refractivity contribution in [2.24, 2.45) is 0 Å². The predicted octanol–water partition coefficient (Wildman–Crippen LogP) is 7.33. The van der Waals surface area contributed by atoms with Gasteiger partial charge in [-0.05, 0) is 61.4 Å². The zero-order valence-electron chi connectivity index (χ0n) is 19.2. The molecule has 0 atom stereocenters. The van der Waals surface area contributed by atoms with Crippen molar-refractivity contribution < 1.29 is 17.6 Å². The zero-order chi connectivity index (χ0) is 24.4. The summed E-state index contributed by atoms with van der Waals surface area (Å²) in [6.45, 7) is 7.07. The van der Waals surface area contributed by atoms with Crippen LogP contribution in [0.2, 0.25) is 0 Å².